The number of hydrogen-bond donors (Lipinski definition) is 0. The molecule has 0 spiro atoms. The van der Waals surface area contributed by atoms with Gasteiger partial charge in [0.25, 0.3) is 6.40 Å². The van der Waals surface area contributed by atoms with E-state index in [9.17, 15) is 17.6 Å². The molecule has 1 unspecified atom stereocenters. The summed E-state index contributed by atoms with van der Waals surface area (Å²) in [5.74, 6) is -0.928. The molecule has 1 aliphatic heterocycles. The van der Waals surface area contributed by atoms with Crippen molar-refractivity contribution in [2.75, 3.05) is 6.61 Å². The molecule has 0 N–H and O–H groups in total. The van der Waals surface area contributed by atoms with Gasteiger partial charge in [0, 0.05) is 0 Å². The molecule has 0 saturated carbocycles. The Kier molecular flexibility index (Phi) is 2.57. The Labute approximate surface area is 88.6 Å². The zero-order chi connectivity index (χ0) is 11.8. The summed E-state index contributed by atoms with van der Waals surface area (Å²) in [6.07, 6.45) is -2.47. The Morgan fingerprint density at radius 3 is 2.69 bits per heavy atom. The maximum absolute atomic E-state index is 12.8. The first-order chi connectivity index (χ1) is 7.48. The van der Waals surface area contributed by atoms with Crippen molar-refractivity contribution >= 4 is 6.40 Å². The smallest absolute Gasteiger partial charge is 0.416 e. The summed E-state index contributed by atoms with van der Waals surface area (Å²) in [7, 11) is 0. The SMILES string of the molecule is Fc1ccc(C2CO[C]=N2)c(C(F)(F)F)c1. The van der Waals surface area contributed by atoms with Crippen molar-refractivity contribution in [3.05, 3.63) is 35.1 Å². The van der Waals surface area contributed by atoms with E-state index in [2.05, 4.69) is 16.1 Å². The molecule has 2 nitrogen and oxygen atoms in total. The fourth-order valence-corrected chi connectivity index (χ4v) is 1.48. The van der Waals surface area contributed by atoms with Crippen molar-refractivity contribution < 1.29 is 22.3 Å². The van der Waals surface area contributed by atoms with E-state index in [4.69, 9.17) is 0 Å². The van der Waals surface area contributed by atoms with Gasteiger partial charge < -0.3 is 4.74 Å². The van der Waals surface area contributed by atoms with Crippen LogP contribution in [-0.4, -0.2) is 13.0 Å². The predicted octanol–water partition coefficient (Wildman–Crippen LogP) is 2.82. The number of halogens is 4. The van der Waals surface area contributed by atoms with Gasteiger partial charge in [-0.1, -0.05) is 6.07 Å². The molecule has 1 heterocycles. The third-order valence-electron chi connectivity index (χ3n) is 2.19. The van der Waals surface area contributed by atoms with E-state index in [1.807, 2.05) is 0 Å². The van der Waals surface area contributed by atoms with Crippen molar-refractivity contribution in [3.8, 4) is 0 Å². The third kappa shape index (κ3) is 2.00. The lowest BCUT2D eigenvalue weighted by atomic mass is 10.0. The molecule has 0 aliphatic carbocycles. The van der Waals surface area contributed by atoms with Gasteiger partial charge in [0.05, 0.1) is 5.56 Å². The molecule has 1 aromatic carbocycles. The van der Waals surface area contributed by atoms with Gasteiger partial charge in [0.1, 0.15) is 18.5 Å². The van der Waals surface area contributed by atoms with E-state index >= 15 is 0 Å². The minimum absolute atomic E-state index is 0.00525. The third-order valence-corrected chi connectivity index (χ3v) is 2.19. The van der Waals surface area contributed by atoms with Crippen LogP contribution < -0.4 is 0 Å². The summed E-state index contributed by atoms with van der Waals surface area (Å²) in [5, 5.41) is 0. The summed E-state index contributed by atoms with van der Waals surface area (Å²) in [5.41, 5.74) is -1.12. The zero-order valence-electron chi connectivity index (χ0n) is 7.88. The summed E-state index contributed by atoms with van der Waals surface area (Å²) >= 11 is 0. The van der Waals surface area contributed by atoms with E-state index in [0.29, 0.717) is 6.07 Å². The van der Waals surface area contributed by atoms with Crippen LogP contribution in [0.15, 0.2) is 23.2 Å². The van der Waals surface area contributed by atoms with Crippen LogP contribution in [0.1, 0.15) is 17.2 Å². The minimum atomic E-state index is -4.60. The summed E-state index contributed by atoms with van der Waals surface area (Å²) < 4.78 is 55.3. The van der Waals surface area contributed by atoms with Crippen LogP contribution in [0.25, 0.3) is 0 Å². The molecule has 0 bridgehead atoms. The molecule has 1 aromatic rings. The molecule has 6 heteroatoms. The Morgan fingerprint density at radius 2 is 2.12 bits per heavy atom. The second-order valence-electron chi connectivity index (χ2n) is 3.28. The topological polar surface area (TPSA) is 21.6 Å². The minimum Gasteiger partial charge on any atom is -0.471 e. The van der Waals surface area contributed by atoms with Crippen LogP contribution in [0.3, 0.4) is 0 Å². The van der Waals surface area contributed by atoms with E-state index in [-0.39, 0.29) is 12.2 Å². The fourth-order valence-electron chi connectivity index (χ4n) is 1.48. The molecule has 0 aromatic heterocycles. The normalized spacial score (nSPS) is 19.9. The van der Waals surface area contributed by atoms with Crippen LogP contribution in [0.5, 0.6) is 0 Å². The number of aliphatic imine (C=N–C) groups is 1. The van der Waals surface area contributed by atoms with E-state index in [1.165, 1.54) is 0 Å². The van der Waals surface area contributed by atoms with Gasteiger partial charge in [-0.3, -0.25) is 0 Å². The van der Waals surface area contributed by atoms with Crippen molar-refractivity contribution in [2.45, 2.75) is 12.2 Å². The molecular weight excluding hydrogens is 226 g/mol. The van der Waals surface area contributed by atoms with Crippen molar-refractivity contribution in [1.82, 2.24) is 0 Å². The van der Waals surface area contributed by atoms with Crippen LogP contribution >= 0.6 is 0 Å². The zero-order valence-corrected chi connectivity index (χ0v) is 7.88. The Morgan fingerprint density at radius 1 is 1.38 bits per heavy atom. The average Bonchev–Trinajstić information content (AvgIpc) is 2.69. The second kappa shape index (κ2) is 3.77. The number of alkyl halides is 3. The summed E-state index contributed by atoms with van der Waals surface area (Å²) in [6.45, 7) is -0.00525. The standard InChI is InChI=1S/C10H6F4NO/c11-6-1-2-7(9-4-16-5-15-9)8(3-6)10(12,13)14/h1-3,9H,4H2. The van der Waals surface area contributed by atoms with Gasteiger partial charge in [-0.15, -0.1) is 0 Å². The number of hydrogen-bond acceptors (Lipinski definition) is 2. The Hall–Kier alpha value is -1.59. The number of nitrogens with zero attached hydrogens (tertiary/aromatic N) is 1. The Bertz CT molecular complexity index is 427. The van der Waals surface area contributed by atoms with Crippen LogP contribution in [0, 0.1) is 5.82 Å². The predicted molar refractivity (Wildman–Crippen MR) is 47.5 cm³/mol. The number of ether oxygens (including phenoxy) is 1. The van der Waals surface area contributed by atoms with Gasteiger partial charge in [-0.25, -0.2) is 9.38 Å². The summed E-state index contributed by atoms with van der Waals surface area (Å²) in [6, 6.07) is 1.74. The van der Waals surface area contributed by atoms with E-state index in [1.54, 1.807) is 0 Å². The maximum Gasteiger partial charge on any atom is 0.416 e. The van der Waals surface area contributed by atoms with Gasteiger partial charge in [0.2, 0.25) is 0 Å². The van der Waals surface area contributed by atoms with E-state index in [0.717, 1.165) is 12.1 Å². The van der Waals surface area contributed by atoms with E-state index < -0.39 is 23.6 Å². The molecule has 0 saturated heterocycles. The molecule has 1 atom stereocenters. The lowest BCUT2D eigenvalue weighted by Crippen LogP contribution is -2.12. The fraction of sp³-hybridized carbons (Fsp3) is 0.300. The average molecular weight is 232 g/mol. The quantitative estimate of drug-likeness (QED) is 0.682. The van der Waals surface area contributed by atoms with Crippen LogP contribution in [0.2, 0.25) is 0 Å². The first kappa shape index (κ1) is 10.9. The molecular formula is C10H6F4NO. The molecule has 1 radical (unpaired) electrons. The highest BCUT2D eigenvalue weighted by Crippen LogP contribution is 2.36. The highest BCUT2D eigenvalue weighted by atomic mass is 19.4. The lowest BCUT2D eigenvalue weighted by Gasteiger charge is -2.15. The Balaban J connectivity index is 2.47. The second-order valence-corrected chi connectivity index (χ2v) is 3.28. The van der Waals surface area contributed by atoms with Gasteiger partial charge >= 0.3 is 6.18 Å². The van der Waals surface area contributed by atoms with Crippen molar-refractivity contribution in [3.63, 3.8) is 0 Å². The van der Waals surface area contributed by atoms with Crippen LogP contribution in [-0.2, 0) is 10.9 Å². The number of rotatable bonds is 1. The van der Waals surface area contributed by atoms with Crippen LogP contribution in [0.4, 0.5) is 17.6 Å². The molecule has 2 rings (SSSR count). The largest absolute Gasteiger partial charge is 0.471 e. The summed E-state index contributed by atoms with van der Waals surface area (Å²) in [4.78, 5) is 3.62. The van der Waals surface area contributed by atoms with Crippen molar-refractivity contribution in [2.24, 2.45) is 4.99 Å². The van der Waals surface area contributed by atoms with Gasteiger partial charge in [-0.2, -0.15) is 13.2 Å². The first-order valence-electron chi connectivity index (χ1n) is 4.42. The molecule has 1 aliphatic rings. The van der Waals surface area contributed by atoms with Crippen molar-refractivity contribution in [1.29, 1.82) is 0 Å². The van der Waals surface area contributed by atoms with Gasteiger partial charge in [-0.05, 0) is 17.7 Å². The highest BCUT2D eigenvalue weighted by molar-refractivity contribution is 5.51. The molecule has 0 fully saturated rings. The lowest BCUT2D eigenvalue weighted by molar-refractivity contribution is -0.138. The first-order valence-corrected chi connectivity index (χ1v) is 4.42. The molecule has 85 valence electrons. The number of benzene rings is 1. The molecule has 0 amide bonds. The maximum atomic E-state index is 12.8. The monoisotopic (exact) mass is 232 g/mol. The highest BCUT2D eigenvalue weighted by Gasteiger charge is 2.36. The van der Waals surface area contributed by atoms with Gasteiger partial charge in [0.15, 0.2) is 0 Å². The molecule has 16 heavy (non-hydrogen) atoms.